The maximum Gasteiger partial charge on any atom is 0.196 e. The summed E-state index contributed by atoms with van der Waals surface area (Å²) < 4.78 is 12.6. The second kappa shape index (κ2) is 7.85. The van der Waals surface area contributed by atoms with Crippen LogP contribution in [0.15, 0.2) is 58.5 Å². The summed E-state index contributed by atoms with van der Waals surface area (Å²) in [6, 6.07) is 11.7. The largest absolute Gasteiger partial charge is 0.497 e. The highest BCUT2D eigenvalue weighted by Gasteiger charge is 2.18. The lowest BCUT2D eigenvalue weighted by Crippen LogP contribution is -2.00. The fraction of sp³-hybridized carbons (Fsp3) is 0.200. The molecule has 0 saturated heterocycles. The first kappa shape index (κ1) is 18.2. The molecule has 142 valence electrons. The van der Waals surface area contributed by atoms with Gasteiger partial charge in [-0.25, -0.2) is 0 Å². The lowest BCUT2D eigenvalue weighted by molar-refractivity contribution is 0.392. The average molecular weight is 393 g/mol. The maximum absolute atomic E-state index is 5.28. The summed E-state index contributed by atoms with van der Waals surface area (Å²) in [7, 11) is 1.65. The van der Waals surface area contributed by atoms with Crippen LogP contribution in [0, 0.1) is 13.8 Å². The first-order valence-corrected chi connectivity index (χ1v) is 9.70. The molecule has 0 atom stereocenters. The van der Waals surface area contributed by atoms with Gasteiger partial charge in [-0.1, -0.05) is 16.9 Å². The molecule has 0 unspecified atom stereocenters. The van der Waals surface area contributed by atoms with Crippen LogP contribution in [-0.4, -0.2) is 32.0 Å². The van der Waals surface area contributed by atoms with Gasteiger partial charge in [0.1, 0.15) is 11.5 Å². The molecule has 4 rings (SSSR count). The summed E-state index contributed by atoms with van der Waals surface area (Å²) in [5.74, 6) is 3.09. The zero-order chi connectivity index (χ0) is 19.5. The number of hydrogen-bond donors (Lipinski definition) is 0. The van der Waals surface area contributed by atoms with Gasteiger partial charge in [-0.15, -0.1) is 10.2 Å². The predicted octanol–water partition coefficient (Wildman–Crippen LogP) is 4.24. The summed E-state index contributed by atoms with van der Waals surface area (Å²) in [4.78, 5) is 4.10. The van der Waals surface area contributed by atoms with Crippen LogP contribution in [0.5, 0.6) is 5.75 Å². The number of ether oxygens (including phenoxy) is 1. The van der Waals surface area contributed by atoms with E-state index < -0.39 is 0 Å². The van der Waals surface area contributed by atoms with Gasteiger partial charge in [-0.3, -0.25) is 9.55 Å². The predicted molar refractivity (Wildman–Crippen MR) is 107 cm³/mol. The highest BCUT2D eigenvalue weighted by atomic mass is 32.2. The van der Waals surface area contributed by atoms with E-state index in [1.807, 2.05) is 54.8 Å². The molecule has 1 aromatic carbocycles. The Morgan fingerprint density at radius 2 is 1.79 bits per heavy atom. The second-order valence-corrected chi connectivity index (χ2v) is 7.11. The van der Waals surface area contributed by atoms with E-state index >= 15 is 0 Å². The topological polar surface area (TPSA) is 78.9 Å². The molecular formula is C20H19N5O2S. The lowest BCUT2D eigenvalue weighted by Gasteiger charge is -2.11. The average Bonchev–Trinajstić information content (AvgIpc) is 3.30. The lowest BCUT2D eigenvalue weighted by atomic mass is 10.2. The third kappa shape index (κ3) is 3.50. The normalized spacial score (nSPS) is 11.0. The van der Waals surface area contributed by atoms with E-state index in [-0.39, 0.29) is 0 Å². The van der Waals surface area contributed by atoms with Gasteiger partial charge in [0, 0.05) is 35.0 Å². The maximum atomic E-state index is 5.28. The monoisotopic (exact) mass is 393 g/mol. The quantitative estimate of drug-likeness (QED) is 0.453. The molecule has 0 aliphatic carbocycles. The molecule has 0 aliphatic rings. The van der Waals surface area contributed by atoms with E-state index in [9.17, 15) is 0 Å². The van der Waals surface area contributed by atoms with Gasteiger partial charge in [0.05, 0.1) is 12.8 Å². The SMILES string of the molecule is COc1ccc(-n2c(SCc3c(C)noc3C)nnc2-c2ccncc2)cc1. The van der Waals surface area contributed by atoms with Crippen molar-refractivity contribution in [2.45, 2.75) is 24.8 Å². The smallest absolute Gasteiger partial charge is 0.196 e. The molecule has 0 radical (unpaired) electrons. The number of thioether (sulfide) groups is 1. The van der Waals surface area contributed by atoms with Crippen LogP contribution in [0.4, 0.5) is 0 Å². The van der Waals surface area contributed by atoms with E-state index in [0.717, 1.165) is 45.0 Å². The third-order valence-corrected chi connectivity index (χ3v) is 5.38. The van der Waals surface area contributed by atoms with Gasteiger partial charge in [0.25, 0.3) is 0 Å². The van der Waals surface area contributed by atoms with Crippen molar-refractivity contribution in [1.29, 1.82) is 0 Å². The molecule has 0 N–H and O–H groups in total. The second-order valence-electron chi connectivity index (χ2n) is 6.17. The van der Waals surface area contributed by atoms with E-state index in [4.69, 9.17) is 9.26 Å². The number of aryl methyl sites for hydroxylation is 2. The highest BCUT2D eigenvalue weighted by Crippen LogP contribution is 2.31. The van der Waals surface area contributed by atoms with Crippen LogP contribution in [-0.2, 0) is 5.75 Å². The molecule has 0 amide bonds. The molecule has 0 aliphatic heterocycles. The van der Waals surface area contributed by atoms with E-state index in [0.29, 0.717) is 5.75 Å². The number of hydrogen-bond acceptors (Lipinski definition) is 7. The minimum absolute atomic E-state index is 0.700. The molecule has 0 spiro atoms. The molecule has 28 heavy (non-hydrogen) atoms. The van der Waals surface area contributed by atoms with Gasteiger partial charge in [-0.2, -0.15) is 0 Å². The minimum atomic E-state index is 0.700. The number of rotatable bonds is 6. The molecule has 3 heterocycles. The highest BCUT2D eigenvalue weighted by molar-refractivity contribution is 7.98. The van der Waals surface area contributed by atoms with Crippen molar-refractivity contribution in [3.8, 4) is 22.8 Å². The minimum Gasteiger partial charge on any atom is -0.497 e. The van der Waals surface area contributed by atoms with Crippen LogP contribution in [0.2, 0.25) is 0 Å². The Balaban J connectivity index is 1.74. The van der Waals surface area contributed by atoms with Gasteiger partial charge >= 0.3 is 0 Å². The van der Waals surface area contributed by atoms with Crippen molar-refractivity contribution in [3.05, 3.63) is 65.8 Å². The zero-order valence-electron chi connectivity index (χ0n) is 15.8. The van der Waals surface area contributed by atoms with Crippen LogP contribution in [0.25, 0.3) is 17.1 Å². The fourth-order valence-electron chi connectivity index (χ4n) is 2.86. The van der Waals surface area contributed by atoms with Crippen LogP contribution in [0.3, 0.4) is 0 Å². The summed E-state index contributed by atoms with van der Waals surface area (Å²) in [6.45, 7) is 3.87. The number of aromatic nitrogens is 5. The molecule has 3 aromatic heterocycles. The van der Waals surface area contributed by atoms with Gasteiger partial charge in [0.15, 0.2) is 11.0 Å². The van der Waals surface area contributed by atoms with Crippen LogP contribution < -0.4 is 4.74 Å². The van der Waals surface area contributed by atoms with Crippen molar-refractivity contribution in [3.63, 3.8) is 0 Å². The number of nitrogens with zero attached hydrogens (tertiary/aromatic N) is 5. The van der Waals surface area contributed by atoms with Crippen molar-refractivity contribution in [2.24, 2.45) is 0 Å². The molecule has 7 nitrogen and oxygen atoms in total. The van der Waals surface area contributed by atoms with Gasteiger partial charge in [-0.05, 0) is 50.2 Å². The van der Waals surface area contributed by atoms with Crippen molar-refractivity contribution >= 4 is 11.8 Å². The Labute approximate surface area is 166 Å². The Morgan fingerprint density at radius 1 is 1.04 bits per heavy atom. The number of pyridine rings is 1. The first-order valence-electron chi connectivity index (χ1n) is 8.72. The van der Waals surface area contributed by atoms with E-state index in [2.05, 4.69) is 20.3 Å². The van der Waals surface area contributed by atoms with Crippen molar-refractivity contribution < 1.29 is 9.26 Å². The Hall–Kier alpha value is -3.13. The number of benzene rings is 1. The zero-order valence-corrected chi connectivity index (χ0v) is 16.6. The van der Waals surface area contributed by atoms with Crippen LogP contribution in [0.1, 0.15) is 17.0 Å². The molecule has 0 bridgehead atoms. The Bertz CT molecular complexity index is 1050. The fourth-order valence-corrected chi connectivity index (χ4v) is 3.97. The van der Waals surface area contributed by atoms with Crippen LogP contribution >= 0.6 is 11.8 Å². The molecule has 4 aromatic rings. The molecule has 0 saturated carbocycles. The summed E-state index contributed by atoms with van der Waals surface area (Å²) in [5.41, 5.74) is 3.89. The number of methoxy groups -OCH3 is 1. The summed E-state index contributed by atoms with van der Waals surface area (Å²) in [5, 5.41) is 13.7. The van der Waals surface area contributed by atoms with Gasteiger partial charge in [0.2, 0.25) is 0 Å². The Kier molecular flexibility index (Phi) is 5.12. The van der Waals surface area contributed by atoms with Crippen molar-refractivity contribution in [1.82, 2.24) is 24.9 Å². The molecule has 0 fully saturated rings. The van der Waals surface area contributed by atoms with Gasteiger partial charge < -0.3 is 9.26 Å². The first-order chi connectivity index (χ1) is 13.7. The summed E-state index contributed by atoms with van der Waals surface area (Å²) >= 11 is 1.60. The van der Waals surface area contributed by atoms with E-state index in [1.54, 1.807) is 31.3 Å². The third-order valence-electron chi connectivity index (χ3n) is 4.43. The standard InChI is InChI=1S/C20H19N5O2S/c1-13-18(14(2)27-24-13)12-28-20-23-22-19(15-8-10-21-11-9-15)25(20)16-4-6-17(26-3)7-5-16/h4-11H,12H2,1-3H3. The Morgan fingerprint density at radius 3 is 2.43 bits per heavy atom. The van der Waals surface area contributed by atoms with Crippen molar-refractivity contribution in [2.75, 3.05) is 7.11 Å². The molecule has 8 heteroatoms. The summed E-state index contributed by atoms with van der Waals surface area (Å²) in [6.07, 6.45) is 3.50. The van der Waals surface area contributed by atoms with E-state index in [1.165, 1.54) is 0 Å². The molecular weight excluding hydrogens is 374 g/mol.